The summed E-state index contributed by atoms with van der Waals surface area (Å²) in [5, 5.41) is 9.42. The van der Waals surface area contributed by atoms with Crippen molar-refractivity contribution in [2.45, 2.75) is 39.4 Å². The number of Topliss-reactive ketones (excluding diaryl/α,β-unsaturated/α-hetero) is 1. The van der Waals surface area contributed by atoms with Gasteiger partial charge in [0.2, 0.25) is 0 Å². The number of carboxylic acid groups (broad SMARTS) is 1. The molecule has 2 atom stereocenters. The fourth-order valence-corrected chi connectivity index (χ4v) is 3.85. The molecule has 0 bridgehead atoms. The van der Waals surface area contributed by atoms with Crippen molar-refractivity contribution in [3.63, 3.8) is 0 Å². The molecule has 0 radical (unpaired) electrons. The molecule has 1 aliphatic heterocycles. The Balaban J connectivity index is 1.62. The second kappa shape index (κ2) is 9.91. The van der Waals surface area contributed by atoms with E-state index in [1.807, 2.05) is 13.8 Å². The quantitative estimate of drug-likeness (QED) is 0.663. The van der Waals surface area contributed by atoms with Crippen LogP contribution in [0.3, 0.4) is 0 Å². The molecule has 170 valence electrons. The molecule has 1 saturated heterocycles. The van der Waals surface area contributed by atoms with Gasteiger partial charge in [-0.1, -0.05) is 12.1 Å². The van der Waals surface area contributed by atoms with Gasteiger partial charge < -0.3 is 14.7 Å². The van der Waals surface area contributed by atoms with Crippen molar-refractivity contribution in [3.05, 3.63) is 65.0 Å². The van der Waals surface area contributed by atoms with E-state index >= 15 is 0 Å². The summed E-state index contributed by atoms with van der Waals surface area (Å²) in [6.07, 6.45) is 0. The van der Waals surface area contributed by atoms with Crippen LogP contribution in [0, 0.1) is 5.82 Å². The van der Waals surface area contributed by atoms with Crippen molar-refractivity contribution in [1.29, 1.82) is 0 Å². The number of halogens is 1. The van der Waals surface area contributed by atoms with E-state index < -0.39 is 5.97 Å². The molecule has 2 aromatic carbocycles. The highest BCUT2D eigenvalue weighted by atomic mass is 19.1. The normalized spacial score (nSPS) is 18.9. The van der Waals surface area contributed by atoms with Crippen LogP contribution < -0.4 is 4.74 Å². The van der Waals surface area contributed by atoms with E-state index in [1.165, 1.54) is 37.3 Å². The fourth-order valence-electron chi connectivity index (χ4n) is 3.85. The van der Waals surface area contributed by atoms with Gasteiger partial charge in [-0.05, 0) is 56.7 Å². The van der Waals surface area contributed by atoms with E-state index in [2.05, 4.69) is 4.90 Å². The Morgan fingerprint density at radius 1 is 1.06 bits per heavy atom. The number of carbonyl (C=O) groups is 3. The van der Waals surface area contributed by atoms with Gasteiger partial charge in [-0.25, -0.2) is 9.18 Å². The highest BCUT2D eigenvalue weighted by Crippen LogP contribution is 2.22. The third-order valence-corrected chi connectivity index (χ3v) is 5.70. The predicted octanol–water partition coefficient (Wildman–Crippen LogP) is 3.23. The lowest BCUT2D eigenvalue weighted by Crippen LogP contribution is -2.58. The molecule has 32 heavy (non-hydrogen) atoms. The number of nitrogens with zero attached hydrogens (tertiary/aromatic N) is 2. The van der Waals surface area contributed by atoms with E-state index in [-0.39, 0.29) is 53.1 Å². The summed E-state index contributed by atoms with van der Waals surface area (Å²) in [5.41, 5.74) is 1.11. The molecule has 1 amide bonds. The number of carboxylic acids is 1. The maximum atomic E-state index is 13.1. The lowest BCUT2D eigenvalue weighted by molar-refractivity contribution is -0.139. The topological polar surface area (TPSA) is 87.2 Å². The number of hydrogen-bond acceptors (Lipinski definition) is 5. The summed E-state index contributed by atoms with van der Waals surface area (Å²) in [6.45, 7) is 6.84. The van der Waals surface area contributed by atoms with Crippen molar-refractivity contribution >= 4 is 17.7 Å². The van der Waals surface area contributed by atoms with Crippen LogP contribution in [-0.2, 0) is 11.3 Å². The molecule has 0 aromatic heterocycles. The minimum Gasteiger partial charge on any atom is -0.483 e. The van der Waals surface area contributed by atoms with Gasteiger partial charge in [0.25, 0.3) is 5.91 Å². The van der Waals surface area contributed by atoms with Crippen molar-refractivity contribution in [2.24, 2.45) is 0 Å². The number of piperazine rings is 1. The molecular formula is C24H27FN2O5. The Labute approximate surface area is 186 Å². The molecular weight excluding hydrogens is 415 g/mol. The Morgan fingerprint density at radius 3 is 2.38 bits per heavy atom. The molecule has 7 nitrogen and oxygen atoms in total. The van der Waals surface area contributed by atoms with E-state index in [1.54, 1.807) is 17.0 Å². The Morgan fingerprint density at radius 2 is 1.75 bits per heavy atom. The first-order chi connectivity index (χ1) is 15.2. The summed E-state index contributed by atoms with van der Waals surface area (Å²) >= 11 is 0. The minimum atomic E-state index is -1.23. The highest BCUT2D eigenvalue weighted by Gasteiger charge is 2.32. The zero-order chi connectivity index (χ0) is 23.4. The van der Waals surface area contributed by atoms with Crippen LogP contribution in [0.5, 0.6) is 5.75 Å². The molecule has 0 spiro atoms. The van der Waals surface area contributed by atoms with E-state index in [9.17, 15) is 23.9 Å². The molecule has 8 heteroatoms. The van der Waals surface area contributed by atoms with E-state index in [4.69, 9.17) is 4.74 Å². The van der Waals surface area contributed by atoms with E-state index in [0.717, 1.165) is 5.56 Å². The summed E-state index contributed by atoms with van der Waals surface area (Å²) < 4.78 is 18.7. The molecule has 2 aromatic rings. The number of ketones is 1. The molecule has 1 heterocycles. The maximum absolute atomic E-state index is 13.1. The maximum Gasteiger partial charge on any atom is 0.339 e. The van der Waals surface area contributed by atoms with Crippen LogP contribution in [0.4, 0.5) is 4.39 Å². The lowest BCUT2D eigenvalue weighted by atomic mass is 10.1. The first kappa shape index (κ1) is 23.4. The van der Waals surface area contributed by atoms with Gasteiger partial charge in [0.1, 0.15) is 17.1 Å². The predicted molar refractivity (Wildman–Crippen MR) is 116 cm³/mol. The molecule has 1 fully saturated rings. The largest absolute Gasteiger partial charge is 0.483 e. The van der Waals surface area contributed by atoms with Crippen LogP contribution in [-0.4, -0.2) is 64.3 Å². The Hall–Kier alpha value is -3.26. The molecule has 1 aliphatic rings. The SMILES string of the molecule is CC(=O)c1ccc(OCC(=O)N2CC(C)N(Cc3ccc(F)cc3)CC2C)c(C(=O)O)c1. The number of hydrogen-bond donors (Lipinski definition) is 1. The van der Waals surface area contributed by atoms with Gasteiger partial charge in [0.15, 0.2) is 12.4 Å². The molecule has 3 rings (SSSR count). The van der Waals surface area contributed by atoms with Gasteiger partial charge in [-0.15, -0.1) is 0 Å². The number of carbonyl (C=O) groups excluding carboxylic acids is 2. The number of amides is 1. The standard InChI is InChI=1S/C24H27FN2O5/c1-15-12-27(16(2)11-26(15)13-18-4-7-20(25)8-5-18)23(29)14-32-22-9-6-19(17(3)28)10-21(22)24(30)31/h4-10,15-16H,11-14H2,1-3H3,(H,30,31). The van der Waals surface area contributed by atoms with Gasteiger partial charge in [-0.2, -0.15) is 0 Å². The molecule has 0 aliphatic carbocycles. The number of aromatic carboxylic acids is 1. The second-order valence-corrected chi connectivity index (χ2v) is 8.16. The van der Waals surface area contributed by atoms with Crippen LogP contribution in [0.25, 0.3) is 0 Å². The number of benzene rings is 2. The van der Waals surface area contributed by atoms with Gasteiger partial charge in [-0.3, -0.25) is 14.5 Å². The third kappa shape index (κ3) is 5.50. The first-order valence-corrected chi connectivity index (χ1v) is 10.4. The average molecular weight is 442 g/mol. The van der Waals surface area contributed by atoms with Crippen LogP contribution >= 0.6 is 0 Å². The monoisotopic (exact) mass is 442 g/mol. The Bertz CT molecular complexity index is 1010. The molecule has 2 unspecified atom stereocenters. The first-order valence-electron chi connectivity index (χ1n) is 10.4. The van der Waals surface area contributed by atoms with Gasteiger partial charge in [0.05, 0.1) is 0 Å². The molecule has 0 saturated carbocycles. The lowest BCUT2D eigenvalue weighted by Gasteiger charge is -2.44. The third-order valence-electron chi connectivity index (χ3n) is 5.70. The smallest absolute Gasteiger partial charge is 0.339 e. The van der Waals surface area contributed by atoms with E-state index in [0.29, 0.717) is 19.6 Å². The zero-order valence-corrected chi connectivity index (χ0v) is 18.4. The number of rotatable bonds is 7. The van der Waals surface area contributed by atoms with Crippen LogP contribution in [0.1, 0.15) is 47.1 Å². The number of ether oxygens (including phenoxy) is 1. The summed E-state index contributed by atoms with van der Waals surface area (Å²) in [7, 11) is 0. The van der Waals surface area contributed by atoms with Gasteiger partial charge in [0, 0.05) is 37.3 Å². The second-order valence-electron chi connectivity index (χ2n) is 8.16. The average Bonchev–Trinajstić information content (AvgIpc) is 2.75. The fraction of sp³-hybridized carbons (Fsp3) is 0.375. The van der Waals surface area contributed by atoms with Crippen molar-refractivity contribution in [3.8, 4) is 5.75 Å². The molecule has 1 N–H and O–H groups in total. The zero-order valence-electron chi connectivity index (χ0n) is 18.4. The Kier molecular flexibility index (Phi) is 7.25. The van der Waals surface area contributed by atoms with Gasteiger partial charge >= 0.3 is 5.97 Å². The summed E-state index contributed by atoms with van der Waals surface area (Å²) in [4.78, 5) is 39.8. The van der Waals surface area contributed by atoms with Crippen LogP contribution in [0.15, 0.2) is 42.5 Å². The summed E-state index contributed by atoms with van der Waals surface area (Å²) in [6, 6.07) is 10.6. The minimum absolute atomic E-state index is 0.0477. The highest BCUT2D eigenvalue weighted by molar-refractivity contribution is 5.98. The van der Waals surface area contributed by atoms with Crippen LogP contribution in [0.2, 0.25) is 0 Å². The summed E-state index contributed by atoms with van der Waals surface area (Å²) in [5.74, 6) is -1.94. The van der Waals surface area contributed by atoms with Crippen molar-refractivity contribution < 1.29 is 28.6 Å². The van der Waals surface area contributed by atoms with Crippen molar-refractivity contribution in [1.82, 2.24) is 9.80 Å². The van der Waals surface area contributed by atoms with Crippen molar-refractivity contribution in [2.75, 3.05) is 19.7 Å².